The smallest absolute Gasteiger partial charge is 0.249 e. The molecule has 0 radical (unpaired) electrons. The van der Waals surface area contributed by atoms with E-state index in [4.69, 9.17) is 0 Å². The molecule has 2 saturated heterocycles. The Balaban J connectivity index is 2.02. The molecule has 0 saturated carbocycles. The second kappa shape index (κ2) is 4.96. The van der Waals surface area contributed by atoms with Crippen LogP contribution in [0.4, 0.5) is 13.2 Å². The first-order chi connectivity index (χ1) is 9.82. The maximum absolute atomic E-state index is 13.8. The summed E-state index contributed by atoms with van der Waals surface area (Å²) in [5.74, 6) is -3.66. The molecule has 2 heterocycles. The van der Waals surface area contributed by atoms with Gasteiger partial charge >= 0.3 is 0 Å². The van der Waals surface area contributed by atoms with E-state index in [-0.39, 0.29) is 24.4 Å². The summed E-state index contributed by atoms with van der Waals surface area (Å²) in [6.07, 6.45) is 0. The van der Waals surface area contributed by atoms with Gasteiger partial charge in [-0.25, -0.2) is 21.6 Å². The molecule has 2 fully saturated rings. The van der Waals surface area contributed by atoms with Crippen molar-refractivity contribution in [2.75, 3.05) is 19.6 Å². The van der Waals surface area contributed by atoms with Gasteiger partial charge in [0, 0.05) is 24.7 Å². The van der Waals surface area contributed by atoms with E-state index in [0.717, 1.165) is 4.31 Å². The monoisotopic (exact) mass is 320 g/mol. The first kappa shape index (κ1) is 14.8. The quantitative estimate of drug-likeness (QED) is 0.894. The molecule has 4 nitrogen and oxygen atoms in total. The highest BCUT2D eigenvalue weighted by molar-refractivity contribution is 7.89. The number of benzene rings is 1. The predicted octanol–water partition coefficient (Wildman–Crippen LogP) is 1.33. The van der Waals surface area contributed by atoms with Crippen molar-refractivity contribution in [1.82, 2.24) is 9.62 Å². The van der Waals surface area contributed by atoms with Crippen LogP contribution < -0.4 is 5.32 Å². The van der Waals surface area contributed by atoms with Crippen molar-refractivity contribution < 1.29 is 21.6 Å². The minimum atomic E-state index is -4.32. The number of hydrogen-bond donors (Lipinski definition) is 1. The zero-order valence-corrected chi connectivity index (χ0v) is 12.1. The molecular weight excluding hydrogens is 305 g/mol. The van der Waals surface area contributed by atoms with Crippen molar-refractivity contribution in [3.8, 4) is 0 Å². The van der Waals surface area contributed by atoms with Crippen LogP contribution in [0.3, 0.4) is 0 Å². The van der Waals surface area contributed by atoms with Crippen LogP contribution in [0, 0.1) is 29.3 Å². The lowest BCUT2D eigenvalue weighted by Crippen LogP contribution is -2.38. The Labute approximate surface area is 121 Å². The molecule has 21 heavy (non-hydrogen) atoms. The van der Waals surface area contributed by atoms with E-state index in [2.05, 4.69) is 5.32 Å². The number of halogens is 3. The highest BCUT2D eigenvalue weighted by atomic mass is 32.2. The summed E-state index contributed by atoms with van der Waals surface area (Å²) >= 11 is 0. The number of nitrogens with zero attached hydrogens (tertiary/aromatic N) is 1. The summed E-state index contributed by atoms with van der Waals surface area (Å²) < 4.78 is 66.7. The van der Waals surface area contributed by atoms with Crippen molar-refractivity contribution in [1.29, 1.82) is 0 Å². The van der Waals surface area contributed by atoms with Gasteiger partial charge in [0.25, 0.3) is 0 Å². The fourth-order valence-corrected chi connectivity index (χ4v) is 5.17. The van der Waals surface area contributed by atoms with Gasteiger partial charge in [0.05, 0.1) is 0 Å². The van der Waals surface area contributed by atoms with E-state index in [9.17, 15) is 21.6 Å². The molecule has 8 heteroatoms. The standard InChI is InChI=1S/C13H15F3N2O2S/c1-7-10-5-17-4-8(10)6-18(7)21(19,20)13-11(15)2-9(14)3-12(13)16/h2-3,7-8,10,17H,4-6H2,1H3. The fraction of sp³-hybridized carbons (Fsp3) is 0.538. The van der Waals surface area contributed by atoms with Crippen LogP contribution in [-0.4, -0.2) is 38.4 Å². The SMILES string of the molecule is CC1C2CNCC2CN1S(=O)(=O)c1c(F)cc(F)cc1F. The van der Waals surface area contributed by atoms with Crippen LogP contribution in [0.2, 0.25) is 0 Å². The lowest BCUT2D eigenvalue weighted by atomic mass is 9.95. The minimum absolute atomic E-state index is 0.131. The fourth-order valence-electron chi connectivity index (χ4n) is 3.34. The molecule has 0 bridgehead atoms. The molecular formula is C13H15F3N2O2S. The maximum Gasteiger partial charge on any atom is 0.249 e. The third kappa shape index (κ3) is 2.25. The lowest BCUT2D eigenvalue weighted by Gasteiger charge is -2.24. The number of hydrogen-bond acceptors (Lipinski definition) is 3. The predicted molar refractivity (Wildman–Crippen MR) is 69.5 cm³/mol. The van der Waals surface area contributed by atoms with E-state index < -0.39 is 32.4 Å². The molecule has 3 rings (SSSR count). The van der Waals surface area contributed by atoms with Gasteiger partial charge in [0.1, 0.15) is 17.5 Å². The average molecular weight is 320 g/mol. The normalized spacial score (nSPS) is 29.8. The number of fused-ring (bicyclic) bond motifs is 1. The van der Waals surface area contributed by atoms with Gasteiger partial charge in [-0.05, 0) is 31.8 Å². The molecule has 3 unspecified atom stereocenters. The van der Waals surface area contributed by atoms with E-state index in [1.807, 2.05) is 0 Å². The van der Waals surface area contributed by atoms with Crippen molar-refractivity contribution in [2.45, 2.75) is 17.9 Å². The summed E-state index contributed by atoms with van der Waals surface area (Å²) in [5, 5.41) is 3.18. The van der Waals surface area contributed by atoms with Crippen molar-refractivity contribution in [3.63, 3.8) is 0 Å². The summed E-state index contributed by atoms with van der Waals surface area (Å²) in [6, 6.07) is 0.428. The van der Waals surface area contributed by atoms with E-state index in [1.54, 1.807) is 6.92 Å². The molecule has 3 atom stereocenters. The molecule has 0 aliphatic carbocycles. The van der Waals surface area contributed by atoms with Gasteiger partial charge in [0.15, 0.2) is 4.90 Å². The van der Waals surface area contributed by atoms with E-state index in [1.165, 1.54) is 0 Å². The van der Waals surface area contributed by atoms with Gasteiger partial charge in [-0.1, -0.05) is 0 Å². The summed E-state index contributed by atoms with van der Waals surface area (Å²) in [5.41, 5.74) is 0. The Bertz CT molecular complexity index is 657. The Hall–Kier alpha value is -1.12. The van der Waals surface area contributed by atoms with Gasteiger partial charge in [-0.3, -0.25) is 0 Å². The van der Waals surface area contributed by atoms with Crippen molar-refractivity contribution >= 4 is 10.0 Å². The highest BCUT2D eigenvalue weighted by Crippen LogP contribution is 2.37. The van der Waals surface area contributed by atoms with Crippen molar-refractivity contribution in [2.24, 2.45) is 11.8 Å². The summed E-state index contributed by atoms with van der Waals surface area (Å²) in [7, 11) is -4.32. The molecule has 1 N–H and O–H groups in total. The molecule has 1 aromatic carbocycles. The second-order valence-corrected chi connectivity index (χ2v) is 7.42. The van der Waals surface area contributed by atoms with Crippen LogP contribution in [0.25, 0.3) is 0 Å². The molecule has 0 amide bonds. The summed E-state index contributed by atoms with van der Waals surface area (Å²) in [4.78, 5) is -1.07. The molecule has 0 spiro atoms. The van der Waals surface area contributed by atoms with Crippen LogP contribution in [0.1, 0.15) is 6.92 Å². The molecule has 0 aromatic heterocycles. The highest BCUT2D eigenvalue weighted by Gasteiger charge is 2.48. The van der Waals surface area contributed by atoms with E-state index in [0.29, 0.717) is 25.2 Å². The molecule has 2 aliphatic heterocycles. The zero-order chi connectivity index (χ0) is 15.4. The van der Waals surface area contributed by atoms with Crippen molar-refractivity contribution in [3.05, 3.63) is 29.6 Å². The van der Waals surface area contributed by atoms with Gasteiger partial charge in [-0.15, -0.1) is 0 Å². The first-order valence-corrected chi connectivity index (χ1v) is 8.13. The lowest BCUT2D eigenvalue weighted by molar-refractivity contribution is 0.355. The van der Waals surface area contributed by atoms with Gasteiger partial charge in [-0.2, -0.15) is 4.31 Å². The maximum atomic E-state index is 13.8. The number of sulfonamides is 1. The molecule has 1 aromatic rings. The Morgan fingerprint density at radius 3 is 2.38 bits per heavy atom. The van der Waals surface area contributed by atoms with Crippen LogP contribution in [0.5, 0.6) is 0 Å². The van der Waals surface area contributed by atoms with E-state index >= 15 is 0 Å². The second-order valence-electron chi connectivity index (χ2n) is 5.60. The first-order valence-electron chi connectivity index (χ1n) is 6.69. The van der Waals surface area contributed by atoms with Crippen LogP contribution in [0.15, 0.2) is 17.0 Å². The third-order valence-electron chi connectivity index (χ3n) is 4.41. The van der Waals surface area contributed by atoms with Crippen LogP contribution in [-0.2, 0) is 10.0 Å². The minimum Gasteiger partial charge on any atom is -0.316 e. The molecule has 116 valence electrons. The number of rotatable bonds is 2. The largest absolute Gasteiger partial charge is 0.316 e. The average Bonchev–Trinajstić information content (AvgIpc) is 2.91. The Morgan fingerprint density at radius 2 is 1.81 bits per heavy atom. The Kier molecular flexibility index (Phi) is 3.50. The Morgan fingerprint density at radius 1 is 1.19 bits per heavy atom. The molecule has 2 aliphatic rings. The van der Waals surface area contributed by atoms with Gasteiger partial charge in [0.2, 0.25) is 10.0 Å². The number of nitrogens with one attached hydrogen (secondary N) is 1. The van der Waals surface area contributed by atoms with Gasteiger partial charge < -0.3 is 5.32 Å². The topological polar surface area (TPSA) is 49.4 Å². The summed E-state index contributed by atoms with van der Waals surface area (Å²) in [6.45, 7) is 3.33. The zero-order valence-electron chi connectivity index (χ0n) is 11.3. The van der Waals surface area contributed by atoms with Crippen LogP contribution >= 0.6 is 0 Å². The third-order valence-corrected chi connectivity index (χ3v) is 6.42.